The number of hydrogen-bond donors (Lipinski definition) is 1. The maximum absolute atomic E-state index is 12.0. The normalized spacial score (nSPS) is 33.7. The molecule has 8 nitrogen and oxygen atoms in total. The molecule has 4 rings (SSSR count). The van der Waals surface area contributed by atoms with Crippen LogP contribution < -0.4 is 5.32 Å². The Morgan fingerprint density at radius 3 is 2.40 bits per heavy atom. The van der Waals surface area contributed by atoms with E-state index in [1.807, 2.05) is 45.9 Å². The summed E-state index contributed by atoms with van der Waals surface area (Å²) in [5.41, 5.74) is 0.650. The highest BCUT2D eigenvalue weighted by molar-refractivity contribution is 5.94. The van der Waals surface area contributed by atoms with Crippen LogP contribution in [-0.2, 0) is 28.4 Å². The molecule has 0 spiro atoms. The van der Waals surface area contributed by atoms with Crippen molar-refractivity contribution in [2.45, 2.75) is 76.4 Å². The SMILES string of the molecule is CC1(C)O[C@H]2[C@@H](O1)[C@@H](COCCCNC(=O)c1ccccc1)O[C@@H]1OC(C)(C)O[C@@H]12. The smallest absolute Gasteiger partial charge is 0.251 e. The van der Waals surface area contributed by atoms with Gasteiger partial charge < -0.3 is 33.7 Å². The van der Waals surface area contributed by atoms with Gasteiger partial charge in [0.15, 0.2) is 17.9 Å². The molecule has 0 saturated carbocycles. The van der Waals surface area contributed by atoms with E-state index in [0.29, 0.717) is 31.7 Å². The summed E-state index contributed by atoms with van der Waals surface area (Å²) in [6.07, 6.45) is -1.06. The highest BCUT2D eigenvalue weighted by Gasteiger charge is 2.60. The average Bonchev–Trinajstić information content (AvgIpc) is 3.19. The Morgan fingerprint density at radius 1 is 0.967 bits per heavy atom. The number of carbonyl (C=O) groups is 1. The summed E-state index contributed by atoms with van der Waals surface area (Å²) < 4.78 is 36.0. The molecule has 1 amide bonds. The van der Waals surface area contributed by atoms with Crippen LogP contribution in [0.15, 0.2) is 30.3 Å². The fraction of sp³-hybridized carbons (Fsp3) is 0.682. The van der Waals surface area contributed by atoms with Gasteiger partial charge in [0.1, 0.15) is 24.4 Å². The number of carbonyl (C=O) groups excluding carboxylic acids is 1. The first-order chi connectivity index (χ1) is 14.2. The van der Waals surface area contributed by atoms with E-state index >= 15 is 0 Å². The monoisotopic (exact) mass is 421 g/mol. The topological polar surface area (TPSA) is 84.5 Å². The van der Waals surface area contributed by atoms with E-state index < -0.39 is 17.9 Å². The molecule has 3 fully saturated rings. The second kappa shape index (κ2) is 8.53. The van der Waals surface area contributed by atoms with Crippen LogP contribution in [0.4, 0.5) is 0 Å². The van der Waals surface area contributed by atoms with Crippen molar-refractivity contribution in [2.75, 3.05) is 19.8 Å². The van der Waals surface area contributed by atoms with Crippen LogP contribution in [0.25, 0.3) is 0 Å². The Kier molecular flexibility index (Phi) is 6.16. The lowest BCUT2D eigenvalue weighted by Gasteiger charge is -2.37. The molecule has 1 N–H and O–H groups in total. The Balaban J connectivity index is 1.24. The third-order valence-corrected chi connectivity index (χ3v) is 5.32. The summed E-state index contributed by atoms with van der Waals surface area (Å²) in [6, 6.07) is 9.15. The van der Waals surface area contributed by atoms with Gasteiger partial charge >= 0.3 is 0 Å². The lowest BCUT2D eigenvalue weighted by molar-refractivity contribution is -0.243. The minimum absolute atomic E-state index is 0.0835. The first-order valence-corrected chi connectivity index (χ1v) is 10.5. The molecular weight excluding hydrogens is 390 g/mol. The summed E-state index contributed by atoms with van der Waals surface area (Å²) in [5, 5.41) is 2.89. The minimum atomic E-state index is -0.733. The summed E-state index contributed by atoms with van der Waals surface area (Å²) >= 11 is 0. The highest BCUT2D eigenvalue weighted by atomic mass is 16.9. The van der Waals surface area contributed by atoms with Crippen molar-refractivity contribution in [1.82, 2.24) is 5.32 Å². The Bertz CT molecular complexity index is 738. The lowest BCUT2D eigenvalue weighted by Crippen LogP contribution is -2.56. The molecule has 3 saturated heterocycles. The zero-order valence-electron chi connectivity index (χ0n) is 18.0. The van der Waals surface area contributed by atoms with Crippen LogP contribution in [0.1, 0.15) is 44.5 Å². The van der Waals surface area contributed by atoms with E-state index in [1.165, 1.54) is 0 Å². The predicted octanol–water partition coefficient (Wildman–Crippen LogP) is 2.22. The van der Waals surface area contributed by atoms with E-state index in [9.17, 15) is 4.79 Å². The number of nitrogens with one attached hydrogen (secondary N) is 1. The zero-order chi connectivity index (χ0) is 21.4. The molecule has 1 aromatic rings. The molecular formula is C22H31NO7. The van der Waals surface area contributed by atoms with Gasteiger partial charge in [-0.05, 0) is 46.2 Å². The van der Waals surface area contributed by atoms with Crippen LogP contribution in [-0.4, -0.2) is 67.9 Å². The van der Waals surface area contributed by atoms with Crippen molar-refractivity contribution in [3.63, 3.8) is 0 Å². The molecule has 166 valence electrons. The Hall–Kier alpha value is -1.55. The van der Waals surface area contributed by atoms with Gasteiger partial charge in [-0.3, -0.25) is 4.79 Å². The molecule has 0 aliphatic carbocycles. The number of amides is 1. The van der Waals surface area contributed by atoms with Crippen LogP contribution >= 0.6 is 0 Å². The predicted molar refractivity (Wildman–Crippen MR) is 107 cm³/mol. The third-order valence-electron chi connectivity index (χ3n) is 5.32. The largest absolute Gasteiger partial charge is 0.379 e. The van der Waals surface area contributed by atoms with Crippen LogP contribution in [0.5, 0.6) is 0 Å². The van der Waals surface area contributed by atoms with E-state index in [2.05, 4.69) is 5.32 Å². The molecule has 30 heavy (non-hydrogen) atoms. The first-order valence-electron chi connectivity index (χ1n) is 10.5. The minimum Gasteiger partial charge on any atom is -0.379 e. The van der Waals surface area contributed by atoms with E-state index in [-0.39, 0.29) is 30.3 Å². The molecule has 0 radical (unpaired) electrons. The fourth-order valence-corrected chi connectivity index (χ4v) is 4.09. The standard InChI is InChI=1S/C22H31NO7/c1-21(2)27-16-15(26-20-18(17(16)28-21)29-22(3,4)30-20)13-25-12-8-11-23-19(24)14-9-6-5-7-10-14/h5-7,9-10,15-18,20H,8,11-13H2,1-4H3,(H,23,24)/t15-,16+,17+,18-,20-/m1/s1. The van der Waals surface area contributed by atoms with Gasteiger partial charge in [-0.1, -0.05) is 18.2 Å². The fourth-order valence-electron chi connectivity index (χ4n) is 4.09. The number of fused-ring (bicyclic) bond motifs is 3. The Morgan fingerprint density at radius 2 is 1.63 bits per heavy atom. The van der Waals surface area contributed by atoms with Crippen molar-refractivity contribution >= 4 is 5.91 Å². The number of hydrogen-bond acceptors (Lipinski definition) is 7. The average molecular weight is 421 g/mol. The molecule has 8 heteroatoms. The van der Waals surface area contributed by atoms with Crippen LogP contribution in [0.2, 0.25) is 0 Å². The van der Waals surface area contributed by atoms with Crippen molar-refractivity contribution in [3.8, 4) is 0 Å². The van der Waals surface area contributed by atoms with Crippen molar-refractivity contribution in [2.24, 2.45) is 0 Å². The maximum Gasteiger partial charge on any atom is 0.251 e. The third kappa shape index (κ3) is 4.85. The highest BCUT2D eigenvalue weighted by Crippen LogP contribution is 2.44. The van der Waals surface area contributed by atoms with E-state index in [4.69, 9.17) is 28.4 Å². The quantitative estimate of drug-likeness (QED) is 0.676. The van der Waals surface area contributed by atoms with Crippen molar-refractivity contribution in [3.05, 3.63) is 35.9 Å². The summed E-state index contributed by atoms with van der Waals surface area (Å²) in [4.78, 5) is 12.0. The molecule has 0 aromatic heterocycles. The number of ether oxygens (including phenoxy) is 6. The zero-order valence-corrected chi connectivity index (χ0v) is 18.0. The molecule has 0 bridgehead atoms. The summed E-state index contributed by atoms with van der Waals surface area (Å²) in [7, 11) is 0. The van der Waals surface area contributed by atoms with Gasteiger partial charge in [0.2, 0.25) is 0 Å². The van der Waals surface area contributed by atoms with Gasteiger partial charge in [-0.15, -0.1) is 0 Å². The van der Waals surface area contributed by atoms with Gasteiger partial charge in [-0.2, -0.15) is 0 Å². The molecule has 3 aliphatic rings. The molecule has 3 heterocycles. The van der Waals surface area contributed by atoms with E-state index in [1.54, 1.807) is 12.1 Å². The van der Waals surface area contributed by atoms with Crippen LogP contribution in [0.3, 0.4) is 0 Å². The van der Waals surface area contributed by atoms with Gasteiger partial charge in [0.05, 0.1) is 6.61 Å². The van der Waals surface area contributed by atoms with E-state index in [0.717, 1.165) is 0 Å². The van der Waals surface area contributed by atoms with Crippen molar-refractivity contribution in [1.29, 1.82) is 0 Å². The maximum atomic E-state index is 12.0. The van der Waals surface area contributed by atoms with Gasteiger partial charge in [0.25, 0.3) is 5.91 Å². The molecule has 0 unspecified atom stereocenters. The number of benzene rings is 1. The molecule has 5 atom stereocenters. The lowest BCUT2D eigenvalue weighted by atomic mass is 9.99. The van der Waals surface area contributed by atoms with Gasteiger partial charge in [0, 0.05) is 18.7 Å². The Labute approximate surface area is 177 Å². The summed E-state index contributed by atoms with van der Waals surface area (Å²) in [5.74, 6) is -1.54. The summed E-state index contributed by atoms with van der Waals surface area (Å²) in [6.45, 7) is 8.87. The van der Waals surface area contributed by atoms with Gasteiger partial charge in [-0.25, -0.2) is 0 Å². The van der Waals surface area contributed by atoms with Crippen molar-refractivity contribution < 1.29 is 33.2 Å². The second-order valence-corrected chi connectivity index (χ2v) is 8.76. The first kappa shape index (κ1) is 21.7. The second-order valence-electron chi connectivity index (χ2n) is 8.76. The molecule has 1 aromatic carbocycles. The molecule has 3 aliphatic heterocycles. The number of rotatable bonds is 7. The van der Waals surface area contributed by atoms with Crippen LogP contribution in [0, 0.1) is 0 Å².